The monoisotopic (exact) mass is 623 g/mol. The smallest absolute Gasteiger partial charge is 0.264 e. The maximum atomic E-state index is 15.6. The topological polar surface area (TPSA) is 129 Å². The number of amides is 1. The van der Waals surface area contributed by atoms with Gasteiger partial charge in [-0.1, -0.05) is 18.2 Å². The summed E-state index contributed by atoms with van der Waals surface area (Å²) in [5, 5.41) is 15.3. The number of carbonyl (C=O) groups excluding carboxylic acids is 1. The second-order valence-corrected chi connectivity index (χ2v) is 12.5. The standard InChI is InChI=1S/C34H38FN9O2/c1-34(2,42-16-14-41(3)15-17-42)19-23(20-36)33(45)43-13-7-8-24(43)21-44-32-29(31(37)38-22-39-32)30(40-44)27-12-11-26(18-28(27)35)46-25-9-5-4-6-10-25/h4-6,9-12,18-19,22,24H,7-8,13-17,21H2,1-3H3,(H2,37,38,39). The molecule has 2 aromatic heterocycles. The van der Waals surface area contributed by atoms with E-state index in [0.717, 1.165) is 39.0 Å². The lowest BCUT2D eigenvalue weighted by Gasteiger charge is -2.42. The van der Waals surface area contributed by atoms with Crippen molar-refractivity contribution < 1.29 is 13.9 Å². The van der Waals surface area contributed by atoms with E-state index in [9.17, 15) is 10.1 Å². The molecule has 6 rings (SSSR count). The molecule has 46 heavy (non-hydrogen) atoms. The van der Waals surface area contributed by atoms with Gasteiger partial charge in [0.2, 0.25) is 0 Å². The largest absolute Gasteiger partial charge is 0.457 e. The van der Waals surface area contributed by atoms with Crippen molar-refractivity contribution in [2.45, 2.75) is 44.8 Å². The lowest BCUT2D eigenvalue weighted by atomic mass is 9.97. The molecule has 4 heterocycles. The fourth-order valence-corrected chi connectivity index (χ4v) is 6.34. The number of benzene rings is 2. The van der Waals surface area contributed by atoms with Crippen LogP contribution in [-0.2, 0) is 11.3 Å². The zero-order valence-corrected chi connectivity index (χ0v) is 26.4. The van der Waals surface area contributed by atoms with Gasteiger partial charge < -0.3 is 20.3 Å². The zero-order chi connectivity index (χ0) is 32.4. The van der Waals surface area contributed by atoms with Crippen LogP contribution in [0.25, 0.3) is 22.3 Å². The average molecular weight is 624 g/mol. The summed E-state index contributed by atoms with van der Waals surface area (Å²) in [5.74, 6) is 0.286. The minimum absolute atomic E-state index is 0.133. The predicted molar refractivity (Wildman–Crippen MR) is 173 cm³/mol. The van der Waals surface area contributed by atoms with Crippen molar-refractivity contribution in [2.75, 3.05) is 45.5 Å². The summed E-state index contributed by atoms with van der Waals surface area (Å²) in [5.41, 5.74) is 6.95. The number of likely N-dealkylation sites (tertiary alicyclic amines) is 1. The van der Waals surface area contributed by atoms with Gasteiger partial charge in [-0.2, -0.15) is 10.4 Å². The highest BCUT2D eigenvalue weighted by molar-refractivity contribution is 5.99. The molecular formula is C34H38FN9O2. The summed E-state index contributed by atoms with van der Waals surface area (Å²) in [4.78, 5) is 28.7. The van der Waals surface area contributed by atoms with Gasteiger partial charge in [-0.25, -0.2) is 19.0 Å². The first kappa shape index (κ1) is 31.1. The van der Waals surface area contributed by atoms with E-state index in [1.165, 1.54) is 12.4 Å². The fourth-order valence-electron chi connectivity index (χ4n) is 6.34. The van der Waals surface area contributed by atoms with Gasteiger partial charge in [0.05, 0.1) is 18.0 Å². The van der Waals surface area contributed by atoms with Gasteiger partial charge in [-0.15, -0.1) is 0 Å². The Kier molecular flexibility index (Phi) is 8.71. The first-order chi connectivity index (χ1) is 22.1. The second kappa shape index (κ2) is 12.9. The van der Waals surface area contributed by atoms with Crippen LogP contribution < -0.4 is 10.5 Å². The van der Waals surface area contributed by atoms with Gasteiger partial charge in [-0.3, -0.25) is 9.69 Å². The van der Waals surface area contributed by atoms with Crippen molar-refractivity contribution in [3.63, 3.8) is 0 Å². The molecule has 0 saturated carbocycles. The Morgan fingerprint density at radius 1 is 1.11 bits per heavy atom. The Morgan fingerprint density at radius 2 is 1.87 bits per heavy atom. The lowest BCUT2D eigenvalue weighted by Crippen LogP contribution is -2.53. The predicted octanol–water partition coefficient (Wildman–Crippen LogP) is 4.47. The van der Waals surface area contributed by atoms with Crippen molar-refractivity contribution in [2.24, 2.45) is 0 Å². The number of carbonyl (C=O) groups is 1. The van der Waals surface area contributed by atoms with E-state index < -0.39 is 11.4 Å². The molecule has 2 saturated heterocycles. The normalized spacial score (nSPS) is 18.2. The van der Waals surface area contributed by atoms with E-state index in [1.54, 1.807) is 39.9 Å². The Balaban J connectivity index is 1.26. The number of aromatic nitrogens is 4. The number of para-hydroxylation sites is 1. The molecule has 1 amide bonds. The first-order valence-electron chi connectivity index (χ1n) is 15.5. The molecule has 2 fully saturated rings. The molecule has 12 heteroatoms. The van der Waals surface area contributed by atoms with Crippen LogP contribution in [-0.4, -0.2) is 91.7 Å². The maximum Gasteiger partial charge on any atom is 0.264 e. The Labute approximate surface area is 267 Å². The SMILES string of the molecule is CN1CCN(C(C)(C)C=C(C#N)C(=O)N2CCCC2Cn2nc(-c3ccc(Oc4ccccc4)cc3F)c3c(N)ncnc32)CC1. The van der Waals surface area contributed by atoms with Crippen LogP contribution in [0.3, 0.4) is 0 Å². The van der Waals surface area contributed by atoms with Crippen molar-refractivity contribution in [1.82, 2.24) is 34.4 Å². The molecule has 2 aromatic carbocycles. The van der Waals surface area contributed by atoms with E-state index in [2.05, 4.69) is 32.9 Å². The number of anilines is 1. The molecule has 2 aliphatic heterocycles. The van der Waals surface area contributed by atoms with Gasteiger partial charge in [0.25, 0.3) is 5.91 Å². The minimum atomic E-state index is -0.535. The van der Waals surface area contributed by atoms with E-state index >= 15 is 4.39 Å². The number of nitrogens with zero attached hydrogens (tertiary/aromatic N) is 8. The Hall–Kier alpha value is -4.86. The van der Waals surface area contributed by atoms with E-state index in [0.29, 0.717) is 41.3 Å². The van der Waals surface area contributed by atoms with E-state index in [4.69, 9.17) is 15.6 Å². The summed E-state index contributed by atoms with van der Waals surface area (Å²) in [6.45, 7) is 8.52. The third-order valence-corrected chi connectivity index (χ3v) is 8.92. The summed E-state index contributed by atoms with van der Waals surface area (Å²) < 4.78 is 23.1. The minimum Gasteiger partial charge on any atom is -0.457 e. The second-order valence-electron chi connectivity index (χ2n) is 12.5. The molecule has 0 spiro atoms. The van der Waals surface area contributed by atoms with Gasteiger partial charge in [0.15, 0.2) is 5.65 Å². The molecule has 2 aliphatic rings. The number of piperazine rings is 1. The lowest BCUT2D eigenvalue weighted by molar-refractivity contribution is -0.127. The van der Waals surface area contributed by atoms with Gasteiger partial charge >= 0.3 is 0 Å². The number of nitriles is 1. The van der Waals surface area contributed by atoms with E-state index in [1.807, 2.05) is 32.0 Å². The molecule has 0 bridgehead atoms. The van der Waals surface area contributed by atoms with Gasteiger partial charge in [-0.05, 0) is 64.1 Å². The highest BCUT2D eigenvalue weighted by Gasteiger charge is 2.35. The first-order valence-corrected chi connectivity index (χ1v) is 15.5. The quantitative estimate of drug-likeness (QED) is 0.223. The van der Waals surface area contributed by atoms with Crippen molar-refractivity contribution in [1.29, 1.82) is 5.26 Å². The van der Waals surface area contributed by atoms with Crippen LogP contribution in [0.1, 0.15) is 26.7 Å². The third-order valence-electron chi connectivity index (χ3n) is 8.92. The van der Waals surface area contributed by atoms with Crippen LogP contribution >= 0.6 is 0 Å². The number of fused-ring (bicyclic) bond motifs is 1. The van der Waals surface area contributed by atoms with Crippen molar-refractivity contribution in [3.8, 4) is 28.8 Å². The van der Waals surface area contributed by atoms with Gasteiger partial charge in [0.1, 0.15) is 46.8 Å². The average Bonchev–Trinajstić information content (AvgIpc) is 3.66. The van der Waals surface area contributed by atoms with E-state index in [-0.39, 0.29) is 28.9 Å². The highest BCUT2D eigenvalue weighted by Crippen LogP contribution is 2.35. The molecule has 1 unspecified atom stereocenters. The van der Waals surface area contributed by atoms with Crippen molar-refractivity contribution in [3.05, 3.63) is 72.3 Å². The van der Waals surface area contributed by atoms with Crippen LogP contribution in [0.4, 0.5) is 10.2 Å². The van der Waals surface area contributed by atoms with Gasteiger partial charge in [0, 0.05) is 49.9 Å². The third kappa shape index (κ3) is 6.29. The highest BCUT2D eigenvalue weighted by atomic mass is 19.1. The zero-order valence-electron chi connectivity index (χ0n) is 26.4. The molecule has 0 aliphatic carbocycles. The molecular weight excluding hydrogens is 585 g/mol. The number of rotatable bonds is 8. The Bertz CT molecular complexity index is 1810. The number of ether oxygens (including phenoxy) is 1. The summed E-state index contributed by atoms with van der Waals surface area (Å²) in [6.07, 6.45) is 4.67. The number of likely N-dealkylation sites (N-methyl/N-ethyl adjacent to an activating group) is 1. The number of hydrogen-bond donors (Lipinski definition) is 1. The molecule has 0 radical (unpaired) electrons. The Morgan fingerprint density at radius 3 is 2.59 bits per heavy atom. The van der Waals surface area contributed by atoms with Crippen LogP contribution in [0.2, 0.25) is 0 Å². The molecule has 4 aromatic rings. The molecule has 238 valence electrons. The number of hydrogen-bond acceptors (Lipinski definition) is 9. The summed E-state index contributed by atoms with van der Waals surface area (Å²) in [7, 11) is 2.10. The van der Waals surface area contributed by atoms with Crippen LogP contribution in [0.15, 0.2) is 66.5 Å². The number of halogens is 1. The number of nitrogen functional groups attached to an aromatic ring is 1. The summed E-state index contributed by atoms with van der Waals surface area (Å²) >= 11 is 0. The number of nitrogens with two attached hydrogens (primary N) is 1. The maximum absolute atomic E-state index is 15.6. The summed E-state index contributed by atoms with van der Waals surface area (Å²) in [6, 6.07) is 15.7. The molecule has 1 atom stereocenters. The van der Waals surface area contributed by atoms with Crippen molar-refractivity contribution >= 4 is 22.8 Å². The van der Waals surface area contributed by atoms with Crippen LogP contribution in [0.5, 0.6) is 11.5 Å². The van der Waals surface area contributed by atoms with Crippen LogP contribution in [0, 0.1) is 17.1 Å². The molecule has 11 nitrogen and oxygen atoms in total. The fraction of sp³-hybridized carbons (Fsp3) is 0.382. The molecule has 2 N–H and O–H groups in total.